The van der Waals surface area contributed by atoms with Gasteiger partial charge in [0.15, 0.2) is 0 Å². The van der Waals surface area contributed by atoms with Crippen LogP contribution in [0.3, 0.4) is 0 Å². The summed E-state index contributed by atoms with van der Waals surface area (Å²) in [6.07, 6.45) is 2.22. The van der Waals surface area contributed by atoms with Crippen LogP contribution in [0, 0.1) is 6.92 Å². The van der Waals surface area contributed by atoms with Crippen molar-refractivity contribution in [1.29, 1.82) is 0 Å². The second kappa shape index (κ2) is 7.84. The van der Waals surface area contributed by atoms with E-state index >= 15 is 0 Å². The number of benzene rings is 3. The van der Waals surface area contributed by atoms with Crippen molar-refractivity contribution in [3.63, 3.8) is 0 Å². The van der Waals surface area contributed by atoms with Crippen LogP contribution < -0.4 is 5.32 Å². The fourth-order valence-electron chi connectivity index (χ4n) is 3.78. The first-order valence-corrected chi connectivity index (χ1v) is 10.5. The lowest BCUT2D eigenvalue weighted by molar-refractivity contribution is 0.0949. The topological polar surface area (TPSA) is 68.0 Å². The van der Waals surface area contributed by atoms with Gasteiger partial charge in [0.2, 0.25) is 11.8 Å². The van der Waals surface area contributed by atoms with E-state index in [2.05, 4.69) is 39.8 Å². The number of carbonyl (C=O) groups is 1. The van der Waals surface area contributed by atoms with E-state index in [9.17, 15) is 4.79 Å². The Hall–Kier alpha value is -3.73. The van der Waals surface area contributed by atoms with Gasteiger partial charge in [0, 0.05) is 28.7 Å². The molecule has 1 saturated carbocycles. The van der Waals surface area contributed by atoms with Gasteiger partial charge in [0.25, 0.3) is 5.91 Å². The van der Waals surface area contributed by atoms with E-state index < -0.39 is 0 Å². The maximum absolute atomic E-state index is 12.7. The van der Waals surface area contributed by atoms with Gasteiger partial charge in [-0.25, -0.2) is 0 Å². The Morgan fingerprint density at radius 2 is 1.45 bits per heavy atom. The minimum absolute atomic E-state index is 0.0698. The van der Waals surface area contributed by atoms with Crippen LogP contribution in [0.4, 0.5) is 0 Å². The molecular weight excluding hydrogens is 386 g/mol. The summed E-state index contributed by atoms with van der Waals surface area (Å²) < 4.78 is 5.82. The van der Waals surface area contributed by atoms with E-state index in [1.807, 2.05) is 49.4 Å². The van der Waals surface area contributed by atoms with Gasteiger partial charge in [-0.1, -0.05) is 48.0 Å². The molecule has 0 atom stereocenters. The molecule has 1 fully saturated rings. The molecule has 1 aliphatic rings. The van der Waals surface area contributed by atoms with Crippen molar-refractivity contribution in [3.8, 4) is 22.9 Å². The molecule has 0 unspecified atom stereocenters. The summed E-state index contributed by atoms with van der Waals surface area (Å²) >= 11 is 0. The van der Waals surface area contributed by atoms with Crippen LogP contribution >= 0.6 is 0 Å². The molecule has 0 radical (unpaired) electrons. The third-order valence-electron chi connectivity index (χ3n) is 5.94. The lowest BCUT2D eigenvalue weighted by Gasteiger charge is -2.16. The fourth-order valence-corrected chi connectivity index (χ4v) is 3.78. The highest BCUT2D eigenvalue weighted by atomic mass is 16.4. The van der Waals surface area contributed by atoms with Crippen LogP contribution in [0.15, 0.2) is 83.3 Å². The molecule has 1 heterocycles. The predicted octanol–water partition coefficient (Wildman–Crippen LogP) is 5.17. The normalized spacial score (nSPS) is 14.2. The van der Waals surface area contributed by atoms with Crippen LogP contribution in [-0.2, 0) is 5.41 Å². The molecular formula is C26H23N3O2. The first kappa shape index (κ1) is 19.2. The number of carbonyl (C=O) groups excluding carboxylic acids is 1. The molecule has 4 aromatic rings. The van der Waals surface area contributed by atoms with E-state index in [1.165, 1.54) is 11.1 Å². The SMILES string of the molecule is Cc1ccc(-c2nnc(-c3ccc(C(=O)NCC4(c5ccccc5)CC4)cc3)o2)cc1. The van der Waals surface area contributed by atoms with Gasteiger partial charge in [-0.3, -0.25) is 4.79 Å². The van der Waals surface area contributed by atoms with Crippen LogP contribution in [0.2, 0.25) is 0 Å². The van der Waals surface area contributed by atoms with Crippen LogP contribution in [0.1, 0.15) is 34.3 Å². The van der Waals surface area contributed by atoms with E-state index in [1.54, 1.807) is 12.1 Å². The number of rotatable bonds is 6. The number of nitrogens with one attached hydrogen (secondary N) is 1. The van der Waals surface area contributed by atoms with E-state index in [-0.39, 0.29) is 11.3 Å². The molecule has 0 spiro atoms. The number of aryl methyl sites for hydroxylation is 1. The second-order valence-corrected chi connectivity index (χ2v) is 8.18. The van der Waals surface area contributed by atoms with E-state index in [4.69, 9.17) is 4.42 Å². The third kappa shape index (κ3) is 3.99. The van der Waals surface area contributed by atoms with Crippen LogP contribution in [0.5, 0.6) is 0 Å². The maximum Gasteiger partial charge on any atom is 0.251 e. The number of hydrogen-bond donors (Lipinski definition) is 1. The molecule has 0 saturated heterocycles. The van der Waals surface area contributed by atoms with Gasteiger partial charge >= 0.3 is 0 Å². The number of aromatic nitrogens is 2. The summed E-state index contributed by atoms with van der Waals surface area (Å²) in [5, 5.41) is 11.4. The summed E-state index contributed by atoms with van der Waals surface area (Å²) in [6, 6.07) is 25.6. The summed E-state index contributed by atoms with van der Waals surface area (Å²) in [6.45, 7) is 2.69. The lowest BCUT2D eigenvalue weighted by atomic mass is 9.96. The highest BCUT2D eigenvalue weighted by Crippen LogP contribution is 2.47. The molecule has 1 aliphatic carbocycles. The van der Waals surface area contributed by atoms with Gasteiger partial charge < -0.3 is 9.73 Å². The molecule has 5 rings (SSSR count). The third-order valence-corrected chi connectivity index (χ3v) is 5.94. The van der Waals surface area contributed by atoms with Gasteiger partial charge in [-0.05, 0) is 61.7 Å². The molecule has 5 heteroatoms. The number of hydrogen-bond acceptors (Lipinski definition) is 4. The molecule has 154 valence electrons. The Kier molecular flexibility index (Phi) is 4.86. The average Bonchev–Trinajstić information content (AvgIpc) is 3.46. The van der Waals surface area contributed by atoms with Crippen LogP contribution in [0.25, 0.3) is 22.9 Å². The fraction of sp³-hybridized carbons (Fsp3) is 0.192. The molecule has 0 aliphatic heterocycles. The van der Waals surface area contributed by atoms with Crippen molar-refractivity contribution in [2.75, 3.05) is 6.54 Å². The van der Waals surface area contributed by atoms with Gasteiger partial charge in [0.05, 0.1) is 0 Å². The summed E-state index contributed by atoms with van der Waals surface area (Å²) in [4.78, 5) is 12.7. The monoisotopic (exact) mass is 409 g/mol. The summed E-state index contributed by atoms with van der Waals surface area (Å²) in [5.74, 6) is 0.843. The molecule has 5 nitrogen and oxygen atoms in total. The zero-order chi connectivity index (χ0) is 21.3. The van der Waals surface area contributed by atoms with Crippen LogP contribution in [-0.4, -0.2) is 22.6 Å². The molecule has 1 amide bonds. The smallest absolute Gasteiger partial charge is 0.251 e. The Morgan fingerprint density at radius 1 is 0.871 bits per heavy atom. The Balaban J connectivity index is 1.25. The van der Waals surface area contributed by atoms with Crippen molar-refractivity contribution in [1.82, 2.24) is 15.5 Å². The largest absolute Gasteiger partial charge is 0.416 e. The second-order valence-electron chi connectivity index (χ2n) is 8.18. The zero-order valence-corrected chi connectivity index (χ0v) is 17.3. The van der Waals surface area contributed by atoms with Crippen molar-refractivity contribution < 1.29 is 9.21 Å². The minimum atomic E-state index is -0.0698. The molecule has 1 N–H and O–H groups in total. The van der Waals surface area contributed by atoms with Gasteiger partial charge in [-0.15, -0.1) is 10.2 Å². The molecule has 31 heavy (non-hydrogen) atoms. The highest BCUT2D eigenvalue weighted by Gasteiger charge is 2.44. The predicted molar refractivity (Wildman–Crippen MR) is 120 cm³/mol. The van der Waals surface area contributed by atoms with Crippen molar-refractivity contribution >= 4 is 5.91 Å². The zero-order valence-electron chi connectivity index (χ0n) is 17.3. The Morgan fingerprint density at radius 3 is 2.03 bits per heavy atom. The number of nitrogens with zero attached hydrogens (tertiary/aromatic N) is 2. The summed E-state index contributed by atoms with van der Waals surface area (Å²) in [5.41, 5.74) is 4.84. The number of amides is 1. The minimum Gasteiger partial charge on any atom is -0.416 e. The van der Waals surface area contributed by atoms with Crippen molar-refractivity contribution in [2.24, 2.45) is 0 Å². The average molecular weight is 409 g/mol. The molecule has 3 aromatic carbocycles. The van der Waals surface area contributed by atoms with E-state index in [0.717, 1.165) is 24.0 Å². The standard InChI is InChI=1S/C26H23N3O2/c1-18-7-9-20(10-8-18)24-28-29-25(31-24)21-13-11-19(12-14-21)23(30)27-17-26(15-16-26)22-5-3-2-4-6-22/h2-14H,15-17H2,1H3,(H,27,30). The molecule has 1 aromatic heterocycles. The Bertz CT molecular complexity index is 1190. The lowest BCUT2D eigenvalue weighted by Crippen LogP contribution is -2.32. The maximum atomic E-state index is 12.7. The molecule has 0 bridgehead atoms. The first-order chi connectivity index (χ1) is 15.1. The first-order valence-electron chi connectivity index (χ1n) is 10.5. The highest BCUT2D eigenvalue weighted by molar-refractivity contribution is 5.94. The van der Waals surface area contributed by atoms with Crippen molar-refractivity contribution in [2.45, 2.75) is 25.2 Å². The summed E-state index contributed by atoms with van der Waals surface area (Å²) in [7, 11) is 0. The van der Waals surface area contributed by atoms with Gasteiger partial charge in [0.1, 0.15) is 0 Å². The Labute approximate surface area is 181 Å². The van der Waals surface area contributed by atoms with Gasteiger partial charge in [-0.2, -0.15) is 0 Å². The van der Waals surface area contributed by atoms with E-state index in [0.29, 0.717) is 23.9 Å². The quantitative estimate of drug-likeness (QED) is 0.477. The van der Waals surface area contributed by atoms with Crippen molar-refractivity contribution in [3.05, 3.63) is 95.6 Å².